The van der Waals surface area contributed by atoms with Crippen LogP contribution < -0.4 is 10.6 Å². The Balaban J connectivity index is 1.70. The molecule has 1 aromatic heterocycles. The molecule has 1 aliphatic heterocycles. The molecule has 1 amide bonds. The fraction of sp³-hybridized carbons (Fsp3) is 0.280. The van der Waals surface area contributed by atoms with Gasteiger partial charge in [0.2, 0.25) is 5.91 Å². The first-order chi connectivity index (χ1) is 15.7. The number of benzene rings is 2. The highest BCUT2D eigenvalue weighted by Crippen LogP contribution is 2.45. The minimum Gasteiger partial charge on any atom is -0.481 e. The van der Waals surface area contributed by atoms with Crippen LogP contribution in [0.5, 0.6) is 0 Å². The Morgan fingerprint density at radius 2 is 1.91 bits per heavy atom. The normalized spacial score (nSPS) is 16.9. The summed E-state index contributed by atoms with van der Waals surface area (Å²) in [6.07, 6.45) is 0.874. The van der Waals surface area contributed by atoms with E-state index in [4.69, 9.17) is 5.11 Å². The van der Waals surface area contributed by atoms with Crippen molar-refractivity contribution < 1.29 is 19.1 Å². The third-order valence-corrected chi connectivity index (χ3v) is 6.19. The van der Waals surface area contributed by atoms with E-state index < -0.39 is 11.4 Å². The molecule has 0 aliphatic carbocycles. The summed E-state index contributed by atoms with van der Waals surface area (Å²) >= 11 is 0. The number of nitrogens with zero attached hydrogens (tertiary/aromatic N) is 2. The zero-order valence-corrected chi connectivity index (χ0v) is 18.7. The third-order valence-electron chi connectivity index (χ3n) is 6.19. The predicted molar refractivity (Wildman–Crippen MR) is 123 cm³/mol. The summed E-state index contributed by atoms with van der Waals surface area (Å²) in [5.74, 6) is 0.159. The van der Waals surface area contributed by atoms with E-state index in [0.29, 0.717) is 35.9 Å². The van der Waals surface area contributed by atoms with Crippen LogP contribution in [0.15, 0.2) is 42.5 Å². The van der Waals surface area contributed by atoms with Gasteiger partial charge in [-0.1, -0.05) is 30.3 Å². The fourth-order valence-electron chi connectivity index (χ4n) is 4.24. The number of fused-ring (bicyclic) bond motifs is 1. The van der Waals surface area contributed by atoms with Gasteiger partial charge in [0.05, 0.1) is 5.56 Å². The van der Waals surface area contributed by atoms with Gasteiger partial charge in [0, 0.05) is 19.9 Å². The second kappa shape index (κ2) is 8.61. The van der Waals surface area contributed by atoms with Crippen LogP contribution in [-0.2, 0) is 27.8 Å². The molecule has 0 saturated carbocycles. The Hall–Kier alpha value is -3.81. The maximum atomic E-state index is 13.5. The smallest absolute Gasteiger partial charge is 0.303 e. The van der Waals surface area contributed by atoms with Crippen LogP contribution in [0.2, 0.25) is 0 Å². The van der Waals surface area contributed by atoms with Gasteiger partial charge in [0.25, 0.3) is 0 Å². The van der Waals surface area contributed by atoms with E-state index in [9.17, 15) is 14.0 Å². The highest BCUT2D eigenvalue weighted by Gasteiger charge is 2.47. The molecule has 3 N–H and O–H groups in total. The van der Waals surface area contributed by atoms with Crippen molar-refractivity contribution in [1.29, 1.82) is 0 Å². The monoisotopic (exact) mass is 448 g/mol. The average molecular weight is 448 g/mol. The average Bonchev–Trinajstić information content (AvgIpc) is 3.04. The molecule has 1 aliphatic rings. The number of aliphatic carboxylic acids is 1. The van der Waals surface area contributed by atoms with Gasteiger partial charge in [-0.25, -0.2) is 14.4 Å². The summed E-state index contributed by atoms with van der Waals surface area (Å²) in [6.45, 7) is 3.66. The Bertz CT molecular complexity index is 1240. The minimum absolute atomic E-state index is 0.0496. The van der Waals surface area contributed by atoms with E-state index >= 15 is 0 Å². The zero-order chi connectivity index (χ0) is 23.8. The van der Waals surface area contributed by atoms with Gasteiger partial charge in [0.15, 0.2) is 0 Å². The largest absolute Gasteiger partial charge is 0.481 e. The van der Waals surface area contributed by atoms with E-state index in [1.165, 1.54) is 12.1 Å². The molecule has 0 bridgehead atoms. The number of aryl methyl sites for hydroxylation is 2. The number of carboxylic acid groups (broad SMARTS) is 1. The van der Waals surface area contributed by atoms with Crippen LogP contribution in [0.4, 0.5) is 16.0 Å². The van der Waals surface area contributed by atoms with Gasteiger partial charge in [0.1, 0.15) is 28.7 Å². The molecular formula is C25H25FN4O3. The van der Waals surface area contributed by atoms with E-state index in [0.717, 1.165) is 22.3 Å². The molecule has 4 rings (SSSR count). The molecule has 170 valence electrons. The molecule has 0 saturated heterocycles. The number of rotatable bonds is 7. The number of hydrogen-bond donors (Lipinski definition) is 3. The third kappa shape index (κ3) is 4.16. The Morgan fingerprint density at radius 1 is 1.18 bits per heavy atom. The molecule has 2 heterocycles. The SMILES string of the molecule is CNc1nc(Cc2ccc(F)cc2C)nc2c1[C@](C)(c1ccc(CCC(=O)O)cc1)C(=O)N2. The number of carboxylic acids is 1. The molecule has 0 unspecified atom stereocenters. The zero-order valence-electron chi connectivity index (χ0n) is 18.7. The standard InChI is InChI=1S/C25H25FN4O3/c1-14-12-18(26)10-7-16(14)13-19-28-22(27-3)21-23(29-19)30-24(33)25(21,2)17-8-4-15(5-9-17)6-11-20(31)32/h4-5,7-10,12H,6,11,13H2,1-3H3,(H,31,32)(H2,27,28,29,30,33)/t25-/m0/s1. The maximum absolute atomic E-state index is 13.5. The van der Waals surface area contributed by atoms with Crippen LogP contribution in [-0.4, -0.2) is 34.0 Å². The fourth-order valence-corrected chi connectivity index (χ4v) is 4.24. The number of aromatic nitrogens is 2. The van der Waals surface area contributed by atoms with Crippen LogP contribution >= 0.6 is 0 Å². The van der Waals surface area contributed by atoms with Crippen molar-refractivity contribution in [1.82, 2.24) is 9.97 Å². The summed E-state index contributed by atoms with van der Waals surface area (Å²) in [7, 11) is 1.74. The molecule has 0 fully saturated rings. The summed E-state index contributed by atoms with van der Waals surface area (Å²) < 4.78 is 13.5. The van der Waals surface area contributed by atoms with Crippen LogP contribution in [0, 0.1) is 12.7 Å². The predicted octanol–water partition coefficient (Wildman–Crippen LogP) is 3.83. The first-order valence-corrected chi connectivity index (χ1v) is 10.7. The lowest BCUT2D eigenvalue weighted by molar-refractivity contribution is -0.137. The van der Waals surface area contributed by atoms with Crippen molar-refractivity contribution in [3.8, 4) is 0 Å². The molecule has 33 heavy (non-hydrogen) atoms. The quantitative estimate of drug-likeness (QED) is 0.508. The van der Waals surface area contributed by atoms with Crippen LogP contribution in [0.1, 0.15) is 47.0 Å². The van der Waals surface area contributed by atoms with Crippen molar-refractivity contribution in [3.63, 3.8) is 0 Å². The lowest BCUT2D eigenvalue weighted by Gasteiger charge is -2.24. The van der Waals surface area contributed by atoms with Crippen molar-refractivity contribution in [2.45, 2.75) is 38.5 Å². The Morgan fingerprint density at radius 3 is 2.55 bits per heavy atom. The molecule has 7 nitrogen and oxygen atoms in total. The van der Waals surface area contributed by atoms with E-state index in [2.05, 4.69) is 20.6 Å². The molecule has 0 radical (unpaired) electrons. The number of carbonyl (C=O) groups is 2. The maximum Gasteiger partial charge on any atom is 0.303 e. The second-order valence-electron chi connectivity index (χ2n) is 8.38. The highest BCUT2D eigenvalue weighted by atomic mass is 19.1. The van der Waals surface area contributed by atoms with Gasteiger partial charge in [-0.05, 0) is 54.7 Å². The number of halogens is 1. The topological polar surface area (TPSA) is 104 Å². The van der Waals surface area contributed by atoms with E-state index in [1.807, 2.05) is 38.1 Å². The highest BCUT2D eigenvalue weighted by molar-refractivity contribution is 6.09. The Kier molecular flexibility index (Phi) is 5.84. The number of nitrogens with one attached hydrogen (secondary N) is 2. The van der Waals surface area contributed by atoms with Crippen molar-refractivity contribution in [3.05, 3.63) is 81.9 Å². The molecule has 8 heteroatoms. The number of hydrogen-bond acceptors (Lipinski definition) is 5. The lowest BCUT2D eigenvalue weighted by Crippen LogP contribution is -2.33. The minimum atomic E-state index is -1.01. The van der Waals surface area contributed by atoms with E-state index in [1.54, 1.807) is 13.1 Å². The molecule has 2 aromatic carbocycles. The summed E-state index contributed by atoms with van der Waals surface area (Å²) in [6, 6.07) is 12.0. The van der Waals surface area contributed by atoms with Gasteiger partial charge in [-0.15, -0.1) is 0 Å². The first kappa shape index (κ1) is 22.4. The lowest BCUT2D eigenvalue weighted by atomic mass is 9.77. The van der Waals surface area contributed by atoms with Crippen molar-refractivity contribution in [2.24, 2.45) is 0 Å². The molecule has 0 spiro atoms. The second-order valence-corrected chi connectivity index (χ2v) is 8.38. The van der Waals surface area contributed by atoms with Gasteiger partial charge < -0.3 is 15.7 Å². The summed E-state index contributed by atoms with van der Waals surface area (Å²) in [5, 5.41) is 14.9. The summed E-state index contributed by atoms with van der Waals surface area (Å²) in [4.78, 5) is 33.3. The molecular weight excluding hydrogens is 423 g/mol. The van der Waals surface area contributed by atoms with Crippen molar-refractivity contribution >= 4 is 23.5 Å². The molecule has 1 atom stereocenters. The van der Waals surface area contributed by atoms with Gasteiger partial charge in [-0.3, -0.25) is 9.59 Å². The van der Waals surface area contributed by atoms with Crippen LogP contribution in [0.3, 0.4) is 0 Å². The Labute approximate surface area is 191 Å². The van der Waals surface area contributed by atoms with Crippen LogP contribution in [0.25, 0.3) is 0 Å². The number of amides is 1. The number of carbonyl (C=O) groups excluding carboxylic acids is 1. The summed E-state index contributed by atoms with van der Waals surface area (Å²) in [5.41, 5.74) is 3.01. The van der Waals surface area contributed by atoms with Crippen molar-refractivity contribution in [2.75, 3.05) is 17.7 Å². The molecule has 3 aromatic rings. The number of anilines is 2. The van der Waals surface area contributed by atoms with Gasteiger partial charge >= 0.3 is 5.97 Å². The van der Waals surface area contributed by atoms with Gasteiger partial charge in [-0.2, -0.15) is 0 Å². The van der Waals surface area contributed by atoms with E-state index in [-0.39, 0.29) is 18.1 Å². The first-order valence-electron chi connectivity index (χ1n) is 10.7.